The molecule has 108 valence electrons. The van der Waals surface area contributed by atoms with E-state index in [1.54, 1.807) is 7.11 Å². The van der Waals surface area contributed by atoms with Crippen LogP contribution in [0, 0.1) is 0 Å². The molecule has 0 unspecified atom stereocenters. The van der Waals surface area contributed by atoms with Crippen molar-refractivity contribution in [2.24, 2.45) is 12.8 Å². The molecule has 0 radical (unpaired) electrons. The summed E-state index contributed by atoms with van der Waals surface area (Å²) >= 11 is 0. The van der Waals surface area contributed by atoms with E-state index in [1.165, 1.54) is 48.6 Å². The van der Waals surface area contributed by atoms with E-state index in [-0.39, 0.29) is 5.41 Å². The van der Waals surface area contributed by atoms with E-state index >= 15 is 0 Å². The summed E-state index contributed by atoms with van der Waals surface area (Å²) in [5.41, 5.74) is 8.95. The van der Waals surface area contributed by atoms with Crippen LogP contribution >= 0.6 is 0 Å². The van der Waals surface area contributed by atoms with E-state index in [0.717, 1.165) is 12.3 Å². The van der Waals surface area contributed by atoms with E-state index in [0.29, 0.717) is 0 Å². The lowest BCUT2D eigenvalue weighted by atomic mass is 9.68. The second kappa shape index (κ2) is 5.13. The van der Waals surface area contributed by atoms with Crippen molar-refractivity contribution in [1.29, 1.82) is 0 Å². The van der Waals surface area contributed by atoms with Crippen molar-refractivity contribution in [3.8, 4) is 5.75 Å². The number of methoxy groups -OCH3 is 1. The molecule has 0 saturated heterocycles. The highest BCUT2D eigenvalue weighted by atomic mass is 16.5. The van der Waals surface area contributed by atoms with Crippen molar-refractivity contribution < 1.29 is 4.74 Å². The number of aromatic nitrogens is 1. The van der Waals surface area contributed by atoms with Crippen LogP contribution in [-0.2, 0) is 12.5 Å². The topological polar surface area (TPSA) is 40.2 Å². The van der Waals surface area contributed by atoms with Crippen molar-refractivity contribution in [3.05, 3.63) is 30.0 Å². The van der Waals surface area contributed by atoms with Gasteiger partial charge in [-0.15, -0.1) is 0 Å². The van der Waals surface area contributed by atoms with Crippen LogP contribution in [0.3, 0.4) is 0 Å². The average Bonchev–Trinajstić information content (AvgIpc) is 2.89. The minimum Gasteiger partial charge on any atom is -0.495 e. The molecule has 1 aliphatic rings. The monoisotopic (exact) mass is 272 g/mol. The van der Waals surface area contributed by atoms with Gasteiger partial charge in [-0.05, 0) is 30.5 Å². The Morgan fingerprint density at radius 2 is 1.95 bits per heavy atom. The number of hydrogen-bond donors (Lipinski definition) is 1. The Hall–Kier alpha value is -1.48. The number of nitrogens with two attached hydrogens (primary N) is 1. The summed E-state index contributed by atoms with van der Waals surface area (Å²) in [6.07, 6.45) is 8.45. The molecule has 3 rings (SSSR count). The third-order valence-electron chi connectivity index (χ3n) is 4.99. The summed E-state index contributed by atoms with van der Waals surface area (Å²) in [7, 11) is 3.81. The van der Waals surface area contributed by atoms with E-state index < -0.39 is 0 Å². The standard InChI is InChI=1S/C17H24N2O/c1-19-11-8-13-14(6-7-15(20-2)16(13)19)17(12-18)9-4-3-5-10-17/h6-8,11H,3-5,9-10,12,18H2,1-2H3. The van der Waals surface area contributed by atoms with Crippen molar-refractivity contribution in [2.45, 2.75) is 37.5 Å². The summed E-state index contributed by atoms with van der Waals surface area (Å²) in [6.45, 7) is 0.739. The number of nitrogens with zero attached hydrogens (tertiary/aromatic N) is 1. The normalized spacial score (nSPS) is 18.4. The SMILES string of the molecule is COc1ccc(C2(CN)CCCCC2)c2ccn(C)c12. The lowest BCUT2D eigenvalue weighted by Crippen LogP contribution is -2.37. The Labute approximate surface area is 120 Å². The Kier molecular flexibility index (Phi) is 3.47. The Morgan fingerprint density at radius 3 is 2.60 bits per heavy atom. The zero-order valence-electron chi connectivity index (χ0n) is 12.5. The third-order valence-corrected chi connectivity index (χ3v) is 4.99. The molecule has 2 N–H and O–H groups in total. The Bertz CT molecular complexity index is 609. The van der Waals surface area contributed by atoms with Crippen molar-refractivity contribution in [2.75, 3.05) is 13.7 Å². The van der Waals surface area contributed by atoms with E-state index in [9.17, 15) is 0 Å². The first kappa shape index (κ1) is 13.5. The van der Waals surface area contributed by atoms with Crippen LogP contribution < -0.4 is 10.5 Å². The van der Waals surface area contributed by atoms with Crippen molar-refractivity contribution >= 4 is 10.9 Å². The van der Waals surface area contributed by atoms with Crippen LogP contribution in [-0.4, -0.2) is 18.2 Å². The van der Waals surface area contributed by atoms with Gasteiger partial charge in [0.15, 0.2) is 0 Å². The number of benzene rings is 1. The van der Waals surface area contributed by atoms with Crippen LogP contribution in [0.25, 0.3) is 10.9 Å². The third kappa shape index (κ3) is 1.92. The minimum atomic E-state index is 0.157. The van der Waals surface area contributed by atoms with Crippen LogP contribution in [0.4, 0.5) is 0 Å². The first-order chi connectivity index (χ1) is 9.72. The highest BCUT2D eigenvalue weighted by Crippen LogP contribution is 2.43. The fourth-order valence-corrected chi connectivity index (χ4v) is 3.82. The molecule has 0 atom stereocenters. The molecule has 20 heavy (non-hydrogen) atoms. The molecule has 3 nitrogen and oxygen atoms in total. The first-order valence-electron chi connectivity index (χ1n) is 7.54. The van der Waals surface area contributed by atoms with Gasteiger partial charge < -0.3 is 15.0 Å². The predicted molar refractivity (Wildman–Crippen MR) is 83.3 cm³/mol. The molecule has 1 heterocycles. The van der Waals surface area contributed by atoms with Gasteiger partial charge in [0.2, 0.25) is 0 Å². The van der Waals surface area contributed by atoms with Gasteiger partial charge in [0.25, 0.3) is 0 Å². The van der Waals surface area contributed by atoms with Gasteiger partial charge in [-0.3, -0.25) is 0 Å². The summed E-state index contributed by atoms with van der Waals surface area (Å²) in [6, 6.07) is 6.54. The lowest BCUT2D eigenvalue weighted by Gasteiger charge is -2.37. The fraction of sp³-hybridized carbons (Fsp3) is 0.529. The van der Waals surface area contributed by atoms with E-state index in [4.69, 9.17) is 10.5 Å². The molecule has 1 aliphatic carbocycles. The molecule has 0 amide bonds. The Balaban J connectivity index is 2.21. The summed E-state index contributed by atoms with van der Waals surface area (Å²) in [5, 5.41) is 1.30. The fourth-order valence-electron chi connectivity index (χ4n) is 3.82. The molecule has 0 spiro atoms. The molecule has 2 aromatic rings. The maximum Gasteiger partial charge on any atom is 0.143 e. The van der Waals surface area contributed by atoms with E-state index in [1.807, 2.05) is 0 Å². The second-order valence-corrected chi connectivity index (χ2v) is 6.05. The summed E-state index contributed by atoms with van der Waals surface area (Å²) < 4.78 is 7.67. The molecule has 1 fully saturated rings. The number of hydrogen-bond acceptors (Lipinski definition) is 2. The molecule has 1 aromatic carbocycles. The van der Waals surface area contributed by atoms with Crippen LogP contribution in [0.15, 0.2) is 24.4 Å². The second-order valence-electron chi connectivity index (χ2n) is 6.05. The molecule has 0 bridgehead atoms. The zero-order chi connectivity index (χ0) is 14.2. The highest BCUT2D eigenvalue weighted by molar-refractivity contribution is 5.90. The van der Waals surface area contributed by atoms with Gasteiger partial charge in [0.1, 0.15) is 5.75 Å². The van der Waals surface area contributed by atoms with Gasteiger partial charge in [-0.25, -0.2) is 0 Å². The van der Waals surface area contributed by atoms with E-state index in [2.05, 4.69) is 36.0 Å². The number of rotatable bonds is 3. The van der Waals surface area contributed by atoms with Gasteiger partial charge in [-0.1, -0.05) is 25.3 Å². The molecule has 1 saturated carbocycles. The molecule has 1 aromatic heterocycles. The predicted octanol–water partition coefficient (Wildman–Crippen LogP) is 3.35. The number of fused-ring (bicyclic) bond motifs is 1. The molecular formula is C17H24N2O. The summed E-state index contributed by atoms with van der Waals surface area (Å²) in [5.74, 6) is 0.944. The molecule has 0 aliphatic heterocycles. The lowest BCUT2D eigenvalue weighted by molar-refractivity contribution is 0.303. The molecule has 3 heteroatoms. The van der Waals surface area contributed by atoms with Gasteiger partial charge in [0.05, 0.1) is 12.6 Å². The molecular weight excluding hydrogens is 248 g/mol. The Morgan fingerprint density at radius 1 is 1.20 bits per heavy atom. The van der Waals surface area contributed by atoms with Crippen molar-refractivity contribution in [3.63, 3.8) is 0 Å². The maximum atomic E-state index is 6.20. The van der Waals surface area contributed by atoms with Crippen LogP contribution in [0.2, 0.25) is 0 Å². The first-order valence-corrected chi connectivity index (χ1v) is 7.54. The van der Waals surface area contributed by atoms with Crippen LogP contribution in [0.1, 0.15) is 37.7 Å². The van der Waals surface area contributed by atoms with Crippen LogP contribution in [0.5, 0.6) is 5.75 Å². The number of ether oxygens (including phenoxy) is 1. The smallest absolute Gasteiger partial charge is 0.143 e. The zero-order valence-corrected chi connectivity index (χ0v) is 12.5. The van der Waals surface area contributed by atoms with Gasteiger partial charge in [0, 0.05) is 30.6 Å². The average molecular weight is 272 g/mol. The van der Waals surface area contributed by atoms with Gasteiger partial charge >= 0.3 is 0 Å². The highest BCUT2D eigenvalue weighted by Gasteiger charge is 2.34. The largest absolute Gasteiger partial charge is 0.495 e. The maximum absolute atomic E-state index is 6.20. The number of aryl methyl sites for hydroxylation is 1. The minimum absolute atomic E-state index is 0.157. The quantitative estimate of drug-likeness (QED) is 0.931. The van der Waals surface area contributed by atoms with Gasteiger partial charge in [-0.2, -0.15) is 0 Å². The van der Waals surface area contributed by atoms with Crippen molar-refractivity contribution in [1.82, 2.24) is 4.57 Å². The summed E-state index contributed by atoms with van der Waals surface area (Å²) in [4.78, 5) is 0.